The number of aliphatic hydroxyl groups excluding tert-OH is 1. The Morgan fingerprint density at radius 1 is 0.300 bits per heavy atom. The number of hydrogen-bond donors (Lipinski definition) is 3. The molecule has 0 rings (SSSR count). The molecule has 0 aliphatic heterocycles. The van der Waals surface area contributed by atoms with Crippen molar-refractivity contribution in [2.24, 2.45) is 11.8 Å². The monoisotopic (exact) mass is 1320 g/mol. The maximum atomic E-state index is 13.0. The number of rotatable bonds is 70. The van der Waals surface area contributed by atoms with Crippen molar-refractivity contribution in [3.05, 3.63) is 0 Å². The van der Waals surface area contributed by atoms with Gasteiger partial charge >= 0.3 is 39.5 Å². The quantitative estimate of drug-likeness (QED) is 0.0222. The van der Waals surface area contributed by atoms with Gasteiger partial charge in [-0.15, -0.1) is 0 Å². The molecular weight excluding hydrogens is 1190 g/mol. The Balaban J connectivity index is 5.22. The van der Waals surface area contributed by atoms with E-state index < -0.39 is 97.5 Å². The van der Waals surface area contributed by atoms with E-state index in [4.69, 9.17) is 37.0 Å². The molecule has 0 aromatic carbocycles. The highest BCUT2D eigenvalue weighted by Crippen LogP contribution is 2.45. The Morgan fingerprint density at radius 3 is 0.756 bits per heavy atom. The molecule has 0 fully saturated rings. The Hall–Kier alpha value is -1.94. The van der Waals surface area contributed by atoms with Gasteiger partial charge in [-0.1, -0.05) is 311 Å². The predicted octanol–water partition coefficient (Wildman–Crippen LogP) is 20.4. The van der Waals surface area contributed by atoms with Gasteiger partial charge in [0, 0.05) is 25.7 Å². The first-order valence-corrected chi connectivity index (χ1v) is 40.0. The zero-order chi connectivity index (χ0) is 66.5. The molecule has 19 heteroatoms. The highest BCUT2D eigenvalue weighted by molar-refractivity contribution is 7.47. The minimum Gasteiger partial charge on any atom is -0.462 e. The van der Waals surface area contributed by atoms with Gasteiger partial charge < -0.3 is 33.8 Å². The molecule has 0 spiro atoms. The Kier molecular flexibility index (Phi) is 61.8. The number of phosphoric ester groups is 2. The number of phosphoric acid groups is 2. The van der Waals surface area contributed by atoms with Gasteiger partial charge in [0.05, 0.1) is 26.4 Å². The number of unbranched alkanes of at least 4 members (excludes halogenated alkanes) is 40. The second-order valence-corrected chi connectivity index (χ2v) is 29.5. The van der Waals surface area contributed by atoms with Gasteiger partial charge in [0.15, 0.2) is 12.2 Å². The van der Waals surface area contributed by atoms with Crippen LogP contribution in [-0.4, -0.2) is 96.7 Å². The fraction of sp³-hybridized carbons (Fsp3) is 0.944. The van der Waals surface area contributed by atoms with E-state index in [1.54, 1.807) is 0 Å². The van der Waals surface area contributed by atoms with E-state index in [-0.39, 0.29) is 25.7 Å². The Labute approximate surface area is 549 Å². The summed E-state index contributed by atoms with van der Waals surface area (Å²) in [4.78, 5) is 72.5. The summed E-state index contributed by atoms with van der Waals surface area (Å²) in [6.45, 7) is 9.48. The molecule has 90 heavy (non-hydrogen) atoms. The summed E-state index contributed by atoms with van der Waals surface area (Å²) in [5.41, 5.74) is 0. The third-order valence-corrected chi connectivity index (χ3v) is 18.4. The van der Waals surface area contributed by atoms with Crippen molar-refractivity contribution in [2.75, 3.05) is 39.6 Å². The van der Waals surface area contributed by atoms with Crippen LogP contribution in [0.3, 0.4) is 0 Å². The summed E-state index contributed by atoms with van der Waals surface area (Å²) in [7, 11) is -9.90. The number of hydrogen-bond acceptors (Lipinski definition) is 15. The minimum absolute atomic E-state index is 0.105. The van der Waals surface area contributed by atoms with Gasteiger partial charge in [-0.3, -0.25) is 37.3 Å². The van der Waals surface area contributed by atoms with Crippen LogP contribution in [-0.2, 0) is 65.4 Å². The molecule has 0 heterocycles. The van der Waals surface area contributed by atoms with Crippen molar-refractivity contribution >= 4 is 39.5 Å². The van der Waals surface area contributed by atoms with Crippen LogP contribution < -0.4 is 0 Å². The van der Waals surface area contributed by atoms with Gasteiger partial charge in [0.2, 0.25) is 0 Å². The van der Waals surface area contributed by atoms with Crippen molar-refractivity contribution in [2.45, 2.75) is 381 Å². The van der Waals surface area contributed by atoms with E-state index in [9.17, 15) is 43.2 Å². The first kappa shape index (κ1) is 88.1. The predicted molar refractivity (Wildman–Crippen MR) is 363 cm³/mol. The summed E-state index contributed by atoms with van der Waals surface area (Å²) in [6.07, 6.45) is 48.7. The average molecular weight is 1330 g/mol. The maximum Gasteiger partial charge on any atom is 0.472 e. The van der Waals surface area contributed by atoms with Crippen LogP contribution in [0.15, 0.2) is 0 Å². The largest absolute Gasteiger partial charge is 0.472 e. The molecule has 0 aliphatic carbocycles. The van der Waals surface area contributed by atoms with Crippen LogP contribution in [0.2, 0.25) is 0 Å². The molecule has 3 N–H and O–H groups in total. The smallest absolute Gasteiger partial charge is 0.462 e. The van der Waals surface area contributed by atoms with E-state index in [2.05, 4.69) is 41.5 Å². The number of carbonyl (C=O) groups excluding carboxylic acids is 4. The van der Waals surface area contributed by atoms with Crippen LogP contribution in [0.4, 0.5) is 0 Å². The lowest BCUT2D eigenvalue weighted by atomic mass is 10.0. The lowest BCUT2D eigenvalue weighted by Crippen LogP contribution is -2.30. The van der Waals surface area contributed by atoms with Crippen molar-refractivity contribution < 1.29 is 80.2 Å². The van der Waals surface area contributed by atoms with Crippen LogP contribution in [0.25, 0.3) is 0 Å². The molecule has 0 amide bonds. The van der Waals surface area contributed by atoms with Crippen molar-refractivity contribution in [1.82, 2.24) is 0 Å². The molecule has 2 unspecified atom stereocenters. The number of carbonyl (C=O) groups is 4. The van der Waals surface area contributed by atoms with Crippen molar-refractivity contribution in [3.8, 4) is 0 Å². The number of esters is 4. The fourth-order valence-corrected chi connectivity index (χ4v) is 12.3. The summed E-state index contributed by atoms with van der Waals surface area (Å²) in [6, 6.07) is 0. The standard InChI is InChI=1S/C71H138O17P2/c1-7-9-11-13-15-17-19-20-21-22-23-28-32-36-44-50-56-71(76)87-66(59-81-68(73)53-47-41-34-31-27-25-24-26-29-33-39-45-51-63(3)4)61-85-89(77,78)83-57-65(72)58-84-90(79,80)86-62-67(60-82-69(74)54-48-42-38-37-40-46-52-64(5)6)88-70(75)55-49-43-35-30-18-16-14-12-10-8-2/h63-67,72H,7-62H2,1-6H3,(H,77,78)(H,79,80)/t65-,66-,67-/m1/s1. The summed E-state index contributed by atoms with van der Waals surface area (Å²) in [5.74, 6) is -0.662. The van der Waals surface area contributed by atoms with Crippen LogP contribution >= 0.6 is 15.6 Å². The van der Waals surface area contributed by atoms with Gasteiger partial charge in [0.1, 0.15) is 19.3 Å². The lowest BCUT2D eigenvalue weighted by Gasteiger charge is -2.21. The topological polar surface area (TPSA) is 237 Å². The summed E-state index contributed by atoms with van der Waals surface area (Å²) in [5, 5.41) is 10.6. The molecule has 0 bridgehead atoms. The first-order valence-electron chi connectivity index (χ1n) is 37.0. The molecule has 0 aromatic heterocycles. The molecule has 0 aliphatic rings. The molecular formula is C71H138O17P2. The van der Waals surface area contributed by atoms with E-state index in [1.165, 1.54) is 173 Å². The maximum absolute atomic E-state index is 13.0. The second kappa shape index (κ2) is 63.1. The molecule has 534 valence electrons. The molecule has 5 atom stereocenters. The van der Waals surface area contributed by atoms with Crippen LogP contribution in [0, 0.1) is 11.8 Å². The second-order valence-electron chi connectivity index (χ2n) is 26.6. The van der Waals surface area contributed by atoms with Crippen LogP contribution in [0.5, 0.6) is 0 Å². The third-order valence-electron chi connectivity index (χ3n) is 16.5. The summed E-state index contributed by atoms with van der Waals surface area (Å²) < 4.78 is 68.3. The Morgan fingerprint density at radius 2 is 0.511 bits per heavy atom. The van der Waals surface area contributed by atoms with E-state index in [0.717, 1.165) is 102 Å². The fourth-order valence-electron chi connectivity index (χ4n) is 10.8. The number of aliphatic hydroxyl groups is 1. The molecule has 0 aromatic rings. The van der Waals surface area contributed by atoms with Gasteiger partial charge in [-0.05, 0) is 37.5 Å². The van der Waals surface area contributed by atoms with E-state index in [1.807, 2.05) is 0 Å². The number of ether oxygens (including phenoxy) is 4. The molecule has 0 radical (unpaired) electrons. The summed E-state index contributed by atoms with van der Waals surface area (Å²) >= 11 is 0. The van der Waals surface area contributed by atoms with E-state index in [0.29, 0.717) is 31.6 Å². The normalized spacial score (nSPS) is 14.1. The zero-order valence-electron chi connectivity index (χ0n) is 58.4. The first-order chi connectivity index (χ1) is 43.4. The van der Waals surface area contributed by atoms with E-state index >= 15 is 0 Å². The lowest BCUT2D eigenvalue weighted by molar-refractivity contribution is -0.161. The minimum atomic E-state index is -4.95. The zero-order valence-corrected chi connectivity index (χ0v) is 60.2. The third kappa shape index (κ3) is 64.8. The van der Waals surface area contributed by atoms with Gasteiger partial charge in [-0.2, -0.15) is 0 Å². The van der Waals surface area contributed by atoms with Gasteiger partial charge in [-0.25, -0.2) is 9.13 Å². The SMILES string of the molecule is CCCCCCCCCCCCCCCCCCC(=O)O[C@H](COC(=O)CCCCCCCCCCCCCCC(C)C)COP(=O)(O)OC[C@@H](O)COP(=O)(O)OC[C@@H](COC(=O)CCCCCCCCC(C)C)OC(=O)CCCCCCCCCCCC. The highest BCUT2D eigenvalue weighted by atomic mass is 31.2. The average Bonchev–Trinajstić information content (AvgIpc) is 3.03. The van der Waals surface area contributed by atoms with Crippen LogP contribution in [0.1, 0.15) is 363 Å². The van der Waals surface area contributed by atoms with Crippen molar-refractivity contribution in [1.29, 1.82) is 0 Å². The highest BCUT2D eigenvalue weighted by Gasteiger charge is 2.30. The molecule has 17 nitrogen and oxygen atoms in total. The van der Waals surface area contributed by atoms with Gasteiger partial charge in [0.25, 0.3) is 0 Å². The molecule has 0 saturated carbocycles. The van der Waals surface area contributed by atoms with Crippen molar-refractivity contribution in [3.63, 3.8) is 0 Å². The molecule has 0 saturated heterocycles. The Bertz CT molecular complexity index is 1750.